The molecule has 0 radical (unpaired) electrons. The van der Waals surface area contributed by atoms with Crippen LogP contribution < -0.4 is 4.74 Å². The van der Waals surface area contributed by atoms with E-state index in [0.717, 1.165) is 35.5 Å². The highest BCUT2D eigenvalue weighted by Crippen LogP contribution is 2.54. The summed E-state index contributed by atoms with van der Waals surface area (Å²) >= 11 is 0. The Morgan fingerprint density at radius 2 is 1.34 bits per heavy atom. The number of carbonyl (C=O) groups excluding carboxylic acids is 2. The first-order chi connectivity index (χ1) is 22.2. The van der Waals surface area contributed by atoms with E-state index < -0.39 is 27.1 Å². The maximum atomic E-state index is 14.1. The summed E-state index contributed by atoms with van der Waals surface area (Å²) in [5.74, 6) is -0.317. The van der Waals surface area contributed by atoms with Gasteiger partial charge in [-0.15, -0.1) is 0 Å². The van der Waals surface area contributed by atoms with Gasteiger partial charge in [-0.05, 0) is 59.4 Å². The number of nitro groups is 2. The Morgan fingerprint density at radius 1 is 0.766 bits per heavy atom. The monoisotopic (exact) mass is 635 g/mol. The molecule has 0 fully saturated rings. The van der Waals surface area contributed by atoms with E-state index in [4.69, 9.17) is 4.74 Å². The fourth-order valence-electron chi connectivity index (χ4n) is 7.24. The van der Waals surface area contributed by atoms with Crippen LogP contribution in [0.15, 0.2) is 95.3 Å². The number of non-ortho nitro benzene ring substituents is 1. The minimum atomic E-state index is -0.726. The van der Waals surface area contributed by atoms with Crippen molar-refractivity contribution in [2.75, 3.05) is 6.54 Å². The quantitative estimate of drug-likeness (QED) is 0.179. The second-order valence-corrected chi connectivity index (χ2v) is 14.3. The molecule has 3 aliphatic rings. The molecule has 10 heteroatoms. The molecular weight excluding hydrogens is 598 g/mol. The van der Waals surface area contributed by atoms with Crippen LogP contribution in [0.1, 0.15) is 70.4 Å². The summed E-state index contributed by atoms with van der Waals surface area (Å²) in [4.78, 5) is 51.8. The second-order valence-electron chi connectivity index (χ2n) is 14.3. The van der Waals surface area contributed by atoms with Gasteiger partial charge in [0, 0.05) is 53.9 Å². The van der Waals surface area contributed by atoms with Gasteiger partial charge in [-0.25, -0.2) is 0 Å². The van der Waals surface area contributed by atoms with Crippen molar-refractivity contribution < 1.29 is 24.2 Å². The molecule has 1 heterocycles. The van der Waals surface area contributed by atoms with Crippen molar-refractivity contribution >= 4 is 22.9 Å². The molecule has 6 rings (SSSR count). The number of ether oxygens (including phenoxy) is 1. The summed E-state index contributed by atoms with van der Waals surface area (Å²) in [5, 5.41) is 22.8. The maximum Gasteiger partial charge on any atom is 0.318 e. The summed E-state index contributed by atoms with van der Waals surface area (Å²) in [6, 6.07) is 20.3. The highest BCUT2D eigenvalue weighted by atomic mass is 16.6. The Kier molecular flexibility index (Phi) is 8.07. The topological polar surface area (TPSA) is 133 Å². The number of ketones is 2. The molecule has 0 atom stereocenters. The lowest BCUT2D eigenvalue weighted by molar-refractivity contribution is -0.394. The van der Waals surface area contributed by atoms with Crippen LogP contribution in [-0.4, -0.2) is 32.9 Å². The predicted molar refractivity (Wildman–Crippen MR) is 176 cm³/mol. The number of benzene rings is 3. The minimum Gasteiger partial charge on any atom is -0.450 e. The third-order valence-corrected chi connectivity index (χ3v) is 9.28. The van der Waals surface area contributed by atoms with Crippen molar-refractivity contribution in [3.05, 3.63) is 127 Å². The van der Waals surface area contributed by atoms with E-state index in [1.807, 2.05) is 18.2 Å². The summed E-state index contributed by atoms with van der Waals surface area (Å²) in [7, 11) is 0. The number of allylic oxidation sites excluding steroid dienone is 4. The molecule has 1 aliphatic heterocycles. The Bertz CT molecular complexity index is 1800. The van der Waals surface area contributed by atoms with Gasteiger partial charge in [0.1, 0.15) is 5.75 Å². The lowest BCUT2D eigenvalue weighted by Crippen LogP contribution is -2.45. The largest absolute Gasteiger partial charge is 0.450 e. The number of hydrogen-bond acceptors (Lipinski definition) is 8. The molecule has 3 aromatic rings. The van der Waals surface area contributed by atoms with Crippen molar-refractivity contribution in [2.45, 2.75) is 65.7 Å². The molecule has 3 aromatic carbocycles. The molecule has 242 valence electrons. The van der Waals surface area contributed by atoms with E-state index in [2.05, 4.69) is 44.7 Å². The van der Waals surface area contributed by atoms with Crippen LogP contribution in [0, 0.1) is 31.1 Å². The summed E-state index contributed by atoms with van der Waals surface area (Å²) in [5.41, 5.74) is 3.84. The van der Waals surface area contributed by atoms with E-state index in [1.165, 1.54) is 11.6 Å². The van der Waals surface area contributed by atoms with E-state index >= 15 is 0 Å². The summed E-state index contributed by atoms with van der Waals surface area (Å²) < 4.78 is 5.82. The number of hydrogen-bond donors (Lipinski definition) is 0. The van der Waals surface area contributed by atoms with E-state index in [9.17, 15) is 29.8 Å². The van der Waals surface area contributed by atoms with E-state index in [1.54, 1.807) is 24.3 Å². The van der Waals surface area contributed by atoms with Gasteiger partial charge < -0.3 is 9.64 Å². The van der Waals surface area contributed by atoms with Crippen LogP contribution in [-0.2, 0) is 16.0 Å². The smallest absolute Gasteiger partial charge is 0.318 e. The van der Waals surface area contributed by atoms with E-state index in [0.29, 0.717) is 43.4 Å². The molecule has 0 saturated heterocycles. The molecule has 0 N–H and O–H groups in total. The normalized spacial score (nSPS) is 18.9. The average molecular weight is 636 g/mol. The van der Waals surface area contributed by atoms with Crippen LogP contribution in [0.2, 0.25) is 0 Å². The number of nitro benzene ring substituents is 2. The van der Waals surface area contributed by atoms with Gasteiger partial charge in [0.2, 0.25) is 5.75 Å². The zero-order valence-electron chi connectivity index (χ0n) is 26.9. The zero-order valence-corrected chi connectivity index (χ0v) is 26.9. The number of rotatable bonds is 8. The highest BCUT2D eigenvalue weighted by molar-refractivity contribution is 6.06. The first kappa shape index (κ1) is 31.8. The predicted octanol–water partition coefficient (Wildman–Crippen LogP) is 8.22. The van der Waals surface area contributed by atoms with Crippen molar-refractivity contribution in [1.29, 1.82) is 0 Å². The fourth-order valence-corrected chi connectivity index (χ4v) is 7.24. The number of nitrogens with zero attached hydrogens (tertiary/aromatic N) is 3. The molecule has 0 amide bonds. The molecule has 0 spiro atoms. The van der Waals surface area contributed by atoms with Crippen LogP contribution in [0.5, 0.6) is 11.5 Å². The second kappa shape index (κ2) is 11.9. The van der Waals surface area contributed by atoms with Gasteiger partial charge in [-0.3, -0.25) is 29.8 Å². The lowest BCUT2D eigenvalue weighted by atomic mass is 9.63. The summed E-state index contributed by atoms with van der Waals surface area (Å²) in [6.45, 7) is 9.11. The van der Waals surface area contributed by atoms with Crippen LogP contribution in [0.25, 0.3) is 0 Å². The Labute approximate surface area is 273 Å². The van der Waals surface area contributed by atoms with Gasteiger partial charge >= 0.3 is 5.69 Å². The summed E-state index contributed by atoms with van der Waals surface area (Å²) in [6.07, 6.45) is 2.93. The molecule has 0 saturated carbocycles. The SMILES string of the molecule is CC1(C)CC(=O)C2=C(C1)N(CCc1ccccc1)C1=C(C(=O)CC(C)(C)C1)C2c1ccc(Oc2ccc([N+](=O)[O-])cc2[N+](=O)[O-])cc1. The standard InChI is InChI=1S/C37H37N3O7/c1-36(2)19-28-34(30(41)21-36)33(24-10-13-26(14-11-24)47-32-15-12-25(39(43)44)18-27(32)40(45)46)35-29(20-37(3,4)22-31(35)42)38(28)17-16-23-8-6-5-7-9-23/h5-15,18,33H,16-17,19-22H2,1-4H3. The van der Waals surface area contributed by atoms with Crippen LogP contribution in [0.4, 0.5) is 11.4 Å². The first-order valence-electron chi connectivity index (χ1n) is 15.8. The minimum absolute atomic E-state index is 0.0389. The van der Waals surface area contributed by atoms with Gasteiger partial charge in [-0.1, -0.05) is 70.2 Å². The Hall–Kier alpha value is -5.12. The van der Waals surface area contributed by atoms with Crippen molar-refractivity contribution in [3.8, 4) is 11.5 Å². The molecule has 0 bridgehead atoms. The molecule has 10 nitrogen and oxygen atoms in total. The van der Waals surface area contributed by atoms with Gasteiger partial charge in [0.15, 0.2) is 11.6 Å². The fraction of sp³-hybridized carbons (Fsp3) is 0.351. The van der Waals surface area contributed by atoms with Crippen LogP contribution >= 0.6 is 0 Å². The molecular formula is C37H37N3O7. The highest BCUT2D eigenvalue weighted by Gasteiger charge is 2.48. The average Bonchev–Trinajstić information content (AvgIpc) is 2.99. The number of Topliss-reactive ketones (excluding diaryl/α,β-unsaturated/α-hetero) is 2. The molecule has 47 heavy (non-hydrogen) atoms. The molecule has 0 aromatic heterocycles. The molecule has 2 aliphatic carbocycles. The lowest BCUT2D eigenvalue weighted by Gasteiger charge is -2.49. The van der Waals surface area contributed by atoms with Crippen molar-refractivity contribution in [3.63, 3.8) is 0 Å². The zero-order chi connectivity index (χ0) is 33.7. The number of carbonyl (C=O) groups is 2. The van der Waals surface area contributed by atoms with E-state index in [-0.39, 0.29) is 33.9 Å². The van der Waals surface area contributed by atoms with Gasteiger partial charge in [0.05, 0.1) is 15.9 Å². The van der Waals surface area contributed by atoms with Gasteiger partial charge in [0.25, 0.3) is 5.69 Å². The molecule has 0 unspecified atom stereocenters. The van der Waals surface area contributed by atoms with Gasteiger partial charge in [-0.2, -0.15) is 0 Å². The third-order valence-electron chi connectivity index (χ3n) is 9.28. The Balaban J connectivity index is 1.42. The van der Waals surface area contributed by atoms with Crippen molar-refractivity contribution in [2.24, 2.45) is 10.8 Å². The third kappa shape index (κ3) is 6.32. The maximum absolute atomic E-state index is 14.1. The van der Waals surface area contributed by atoms with Crippen molar-refractivity contribution in [1.82, 2.24) is 4.90 Å². The van der Waals surface area contributed by atoms with Crippen LogP contribution in [0.3, 0.4) is 0 Å². The Morgan fingerprint density at radius 3 is 1.87 bits per heavy atom. The first-order valence-corrected chi connectivity index (χ1v) is 15.8.